The number of benzene rings is 3. The molecule has 0 aliphatic heterocycles. The van der Waals surface area contributed by atoms with Crippen LogP contribution >= 0.6 is 0 Å². The number of ether oxygens (including phenoxy) is 2. The summed E-state index contributed by atoms with van der Waals surface area (Å²) in [6.45, 7) is 1.85. The Hall–Kier alpha value is -3.84. The Labute approximate surface area is 225 Å². The van der Waals surface area contributed by atoms with Crippen LogP contribution in [0.2, 0.25) is 0 Å². The van der Waals surface area contributed by atoms with E-state index in [1.54, 1.807) is 7.11 Å². The number of aromatic nitrogens is 2. The van der Waals surface area contributed by atoms with Gasteiger partial charge in [0.1, 0.15) is 23.1 Å². The van der Waals surface area contributed by atoms with Crippen LogP contribution < -0.4 is 25.0 Å². The van der Waals surface area contributed by atoms with Crippen LogP contribution in [0, 0.1) is 5.92 Å². The van der Waals surface area contributed by atoms with E-state index in [9.17, 15) is 0 Å². The van der Waals surface area contributed by atoms with Gasteiger partial charge in [-0.25, -0.2) is 4.98 Å². The number of rotatable bonds is 10. The lowest BCUT2D eigenvalue weighted by Crippen LogP contribution is -2.31. The summed E-state index contributed by atoms with van der Waals surface area (Å²) < 4.78 is 11.2. The summed E-state index contributed by atoms with van der Waals surface area (Å²) in [5, 5.41) is 8.35. The molecule has 0 bridgehead atoms. The van der Waals surface area contributed by atoms with Crippen molar-refractivity contribution in [3.63, 3.8) is 0 Å². The van der Waals surface area contributed by atoms with Crippen molar-refractivity contribution < 1.29 is 9.47 Å². The molecule has 1 heterocycles. The van der Waals surface area contributed by atoms with Crippen molar-refractivity contribution in [2.24, 2.45) is 5.92 Å². The molecule has 2 N–H and O–H groups in total. The lowest BCUT2D eigenvalue weighted by atomic mass is 9.86. The molecule has 1 fully saturated rings. The molecule has 38 heavy (non-hydrogen) atoms. The number of hydrogen-bond donors (Lipinski definition) is 2. The second-order valence-corrected chi connectivity index (χ2v) is 10.2. The summed E-state index contributed by atoms with van der Waals surface area (Å²) in [7, 11) is 5.72. The molecule has 0 saturated heterocycles. The Balaban J connectivity index is 1.08. The number of para-hydroxylation sites is 1. The van der Waals surface area contributed by atoms with Gasteiger partial charge in [0, 0.05) is 32.1 Å². The summed E-state index contributed by atoms with van der Waals surface area (Å²) in [6, 6.07) is 24.5. The van der Waals surface area contributed by atoms with Crippen molar-refractivity contribution in [3.05, 3.63) is 78.4 Å². The average Bonchev–Trinajstić information content (AvgIpc) is 2.94. The molecule has 7 heteroatoms. The van der Waals surface area contributed by atoms with Crippen molar-refractivity contribution in [3.8, 4) is 17.2 Å². The van der Waals surface area contributed by atoms with Gasteiger partial charge in [-0.1, -0.05) is 24.3 Å². The van der Waals surface area contributed by atoms with Crippen LogP contribution in [0.5, 0.6) is 17.2 Å². The van der Waals surface area contributed by atoms with E-state index in [1.807, 2.05) is 62.6 Å². The van der Waals surface area contributed by atoms with E-state index < -0.39 is 0 Å². The molecule has 0 radical (unpaired) electrons. The van der Waals surface area contributed by atoms with E-state index in [2.05, 4.69) is 39.8 Å². The molecule has 0 spiro atoms. The van der Waals surface area contributed by atoms with Crippen molar-refractivity contribution >= 4 is 22.7 Å². The van der Waals surface area contributed by atoms with Gasteiger partial charge in [-0.15, -0.1) is 0 Å². The van der Waals surface area contributed by atoms with Crippen molar-refractivity contribution in [1.82, 2.24) is 15.3 Å². The predicted octanol–water partition coefficient (Wildman–Crippen LogP) is 6.26. The molecule has 1 aliphatic rings. The Morgan fingerprint density at radius 3 is 2.37 bits per heavy atom. The predicted molar refractivity (Wildman–Crippen MR) is 154 cm³/mol. The first-order chi connectivity index (χ1) is 18.6. The molecule has 7 nitrogen and oxygen atoms in total. The molecule has 1 aliphatic carbocycles. The van der Waals surface area contributed by atoms with Crippen molar-refractivity contribution in [1.29, 1.82) is 0 Å². The molecule has 1 aromatic heterocycles. The SMILES string of the molecule is COc1ccc(Oc2cccc(CNC[C@H]3CC[C@@H](Nc4nc(N(C)C)c5ccccc5n4)CC3)c2)cc1. The van der Waals surface area contributed by atoms with Crippen LogP contribution in [0.4, 0.5) is 11.8 Å². The number of nitrogens with one attached hydrogen (secondary N) is 2. The fourth-order valence-electron chi connectivity index (χ4n) is 5.08. The zero-order chi connectivity index (χ0) is 26.3. The lowest BCUT2D eigenvalue weighted by Gasteiger charge is -2.29. The maximum atomic E-state index is 6.02. The third-order valence-electron chi connectivity index (χ3n) is 7.14. The molecular formula is C31H37N5O2. The highest BCUT2D eigenvalue weighted by Crippen LogP contribution is 2.29. The summed E-state index contributed by atoms with van der Waals surface area (Å²) >= 11 is 0. The fraction of sp³-hybridized carbons (Fsp3) is 0.355. The number of fused-ring (bicyclic) bond motifs is 1. The van der Waals surface area contributed by atoms with Gasteiger partial charge in [0.05, 0.1) is 12.6 Å². The first kappa shape index (κ1) is 25.8. The zero-order valence-electron chi connectivity index (χ0n) is 22.5. The van der Waals surface area contributed by atoms with Gasteiger partial charge in [-0.05, 0) is 92.2 Å². The highest BCUT2D eigenvalue weighted by molar-refractivity contribution is 5.90. The normalized spacial score (nSPS) is 17.2. The first-order valence-corrected chi connectivity index (χ1v) is 13.4. The van der Waals surface area contributed by atoms with Crippen LogP contribution in [0.3, 0.4) is 0 Å². The van der Waals surface area contributed by atoms with Gasteiger partial charge in [-0.3, -0.25) is 0 Å². The van der Waals surface area contributed by atoms with Crippen molar-refractivity contribution in [2.45, 2.75) is 38.3 Å². The van der Waals surface area contributed by atoms with E-state index in [1.165, 1.54) is 18.4 Å². The molecule has 0 amide bonds. The number of nitrogens with zero attached hydrogens (tertiary/aromatic N) is 3. The van der Waals surface area contributed by atoms with E-state index >= 15 is 0 Å². The van der Waals surface area contributed by atoms with E-state index in [-0.39, 0.29) is 0 Å². The Kier molecular flexibility index (Phi) is 8.24. The first-order valence-electron chi connectivity index (χ1n) is 13.4. The van der Waals surface area contributed by atoms with Gasteiger partial charge >= 0.3 is 0 Å². The third kappa shape index (κ3) is 6.53. The molecule has 0 atom stereocenters. The fourth-order valence-corrected chi connectivity index (χ4v) is 5.08. The highest BCUT2D eigenvalue weighted by Gasteiger charge is 2.22. The minimum Gasteiger partial charge on any atom is -0.497 e. The molecule has 3 aromatic carbocycles. The van der Waals surface area contributed by atoms with Gasteiger partial charge < -0.3 is 25.0 Å². The molecule has 1 saturated carbocycles. The number of hydrogen-bond acceptors (Lipinski definition) is 7. The van der Waals surface area contributed by atoms with Crippen LogP contribution in [0.1, 0.15) is 31.2 Å². The van der Waals surface area contributed by atoms with Crippen LogP contribution in [-0.4, -0.2) is 43.8 Å². The number of anilines is 2. The molecular weight excluding hydrogens is 474 g/mol. The molecule has 4 aromatic rings. The maximum Gasteiger partial charge on any atom is 0.225 e. The van der Waals surface area contributed by atoms with E-state index in [4.69, 9.17) is 19.4 Å². The third-order valence-corrected chi connectivity index (χ3v) is 7.14. The average molecular weight is 512 g/mol. The second kappa shape index (κ2) is 12.1. The zero-order valence-corrected chi connectivity index (χ0v) is 22.5. The van der Waals surface area contributed by atoms with Crippen LogP contribution in [0.25, 0.3) is 10.9 Å². The minimum atomic E-state index is 0.411. The molecule has 0 unspecified atom stereocenters. The summed E-state index contributed by atoms with van der Waals surface area (Å²) in [5.74, 6) is 4.82. The Morgan fingerprint density at radius 1 is 0.842 bits per heavy atom. The Bertz CT molecular complexity index is 1330. The standard InChI is InChI=1S/C31H37N5O2/c1-36(2)30-28-9-4-5-10-29(28)34-31(35-30)33-24-13-11-22(12-14-24)20-32-21-23-7-6-8-27(19-23)38-26-17-15-25(37-3)16-18-26/h4-10,15-19,22,24,32H,11-14,20-21H2,1-3H3,(H,33,34,35)/t22-,24+. The summed E-state index contributed by atoms with van der Waals surface area (Å²) in [4.78, 5) is 11.6. The Morgan fingerprint density at radius 2 is 1.61 bits per heavy atom. The van der Waals surface area contributed by atoms with Gasteiger partial charge in [0.2, 0.25) is 5.95 Å². The van der Waals surface area contributed by atoms with Gasteiger partial charge in [0.25, 0.3) is 0 Å². The molecule has 5 rings (SSSR count). The second-order valence-electron chi connectivity index (χ2n) is 10.2. The van der Waals surface area contributed by atoms with E-state index in [0.717, 1.165) is 65.8 Å². The maximum absolute atomic E-state index is 6.02. The largest absolute Gasteiger partial charge is 0.497 e. The monoisotopic (exact) mass is 511 g/mol. The van der Waals surface area contributed by atoms with Crippen molar-refractivity contribution in [2.75, 3.05) is 38.0 Å². The summed E-state index contributed by atoms with van der Waals surface area (Å²) in [6.07, 6.45) is 4.65. The van der Waals surface area contributed by atoms with E-state index in [0.29, 0.717) is 12.0 Å². The summed E-state index contributed by atoms with van der Waals surface area (Å²) in [5.41, 5.74) is 2.20. The number of methoxy groups -OCH3 is 1. The van der Waals surface area contributed by atoms with Gasteiger partial charge in [-0.2, -0.15) is 4.98 Å². The quantitative estimate of drug-likeness (QED) is 0.260. The molecule has 198 valence electrons. The minimum absolute atomic E-state index is 0.411. The topological polar surface area (TPSA) is 71.5 Å². The van der Waals surface area contributed by atoms with Gasteiger partial charge in [0.15, 0.2) is 0 Å². The highest BCUT2D eigenvalue weighted by atomic mass is 16.5. The van der Waals surface area contributed by atoms with Crippen LogP contribution in [0.15, 0.2) is 72.8 Å². The smallest absolute Gasteiger partial charge is 0.225 e. The lowest BCUT2D eigenvalue weighted by molar-refractivity contribution is 0.323. The van der Waals surface area contributed by atoms with Crippen LogP contribution in [-0.2, 0) is 6.54 Å².